The van der Waals surface area contributed by atoms with Crippen LogP contribution in [0.3, 0.4) is 0 Å². The number of hydrogen-bond acceptors (Lipinski definition) is 4. The van der Waals surface area contributed by atoms with Gasteiger partial charge in [0.1, 0.15) is 5.75 Å². The third kappa shape index (κ3) is 2.74. The van der Waals surface area contributed by atoms with Gasteiger partial charge < -0.3 is 9.84 Å². The van der Waals surface area contributed by atoms with Crippen LogP contribution in [-0.4, -0.2) is 23.1 Å². The van der Waals surface area contributed by atoms with Gasteiger partial charge in [0.15, 0.2) is 0 Å². The smallest absolute Gasteiger partial charge is 0.335 e. The maximum Gasteiger partial charge on any atom is 0.335 e. The maximum absolute atomic E-state index is 11.0. The molecule has 0 aromatic heterocycles. The average molecular weight is 273 g/mol. The van der Waals surface area contributed by atoms with Crippen LogP contribution >= 0.6 is 0 Å². The molecule has 0 aliphatic rings. The van der Waals surface area contributed by atoms with Crippen LogP contribution in [0.5, 0.6) is 5.75 Å². The number of carbonyl (C=O) groups is 1. The van der Waals surface area contributed by atoms with Gasteiger partial charge in [-0.05, 0) is 29.3 Å². The first-order valence-electron chi connectivity index (χ1n) is 5.68. The number of methoxy groups -OCH3 is 1. The summed E-state index contributed by atoms with van der Waals surface area (Å²) >= 11 is 0. The summed E-state index contributed by atoms with van der Waals surface area (Å²) in [5.41, 5.74) is 0.775. The van der Waals surface area contributed by atoms with E-state index in [9.17, 15) is 14.9 Å². The molecule has 0 bridgehead atoms. The van der Waals surface area contributed by atoms with Crippen molar-refractivity contribution in [3.05, 3.63) is 58.1 Å². The number of benzene rings is 2. The van der Waals surface area contributed by atoms with E-state index in [-0.39, 0.29) is 11.3 Å². The van der Waals surface area contributed by atoms with Gasteiger partial charge in [0, 0.05) is 12.1 Å². The summed E-state index contributed by atoms with van der Waals surface area (Å²) < 4.78 is 5.03. The highest BCUT2D eigenvalue weighted by atomic mass is 16.6. The number of aromatic carboxylic acids is 1. The molecule has 0 fully saturated rings. The second kappa shape index (κ2) is 5.40. The number of nitrogens with zero attached hydrogens (tertiary/aromatic N) is 1. The molecular formula is C14H11NO5. The largest absolute Gasteiger partial charge is 0.497 e. The van der Waals surface area contributed by atoms with Crippen LogP contribution in [0.2, 0.25) is 0 Å². The first-order valence-corrected chi connectivity index (χ1v) is 5.68. The molecule has 0 spiro atoms. The van der Waals surface area contributed by atoms with Crippen molar-refractivity contribution in [2.45, 2.75) is 0 Å². The van der Waals surface area contributed by atoms with Crippen LogP contribution in [0.15, 0.2) is 42.5 Å². The molecule has 0 unspecified atom stereocenters. The van der Waals surface area contributed by atoms with E-state index < -0.39 is 10.9 Å². The van der Waals surface area contributed by atoms with Crippen LogP contribution in [-0.2, 0) is 0 Å². The lowest BCUT2D eigenvalue weighted by molar-refractivity contribution is -0.384. The number of carboxylic acid groups (broad SMARTS) is 1. The molecule has 2 aromatic rings. The second-order valence-corrected chi connectivity index (χ2v) is 4.06. The van der Waals surface area contributed by atoms with E-state index in [0.717, 1.165) is 6.07 Å². The van der Waals surface area contributed by atoms with Crippen molar-refractivity contribution in [1.29, 1.82) is 0 Å². The molecule has 0 aliphatic heterocycles. The number of carboxylic acids is 1. The Morgan fingerprint density at radius 3 is 2.30 bits per heavy atom. The van der Waals surface area contributed by atoms with E-state index in [4.69, 9.17) is 9.84 Å². The minimum Gasteiger partial charge on any atom is -0.497 e. The fraction of sp³-hybridized carbons (Fsp3) is 0.0714. The Bertz CT molecular complexity index is 632. The lowest BCUT2D eigenvalue weighted by atomic mass is 10.0. The van der Waals surface area contributed by atoms with E-state index >= 15 is 0 Å². The first kappa shape index (κ1) is 13.5. The van der Waals surface area contributed by atoms with Crippen LogP contribution in [0.25, 0.3) is 11.1 Å². The molecule has 102 valence electrons. The Morgan fingerprint density at radius 2 is 1.80 bits per heavy atom. The summed E-state index contributed by atoms with van der Waals surface area (Å²) in [7, 11) is 1.53. The van der Waals surface area contributed by atoms with E-state index in [1.807, 2.05) is 0 Å². The lowest BCUT2D eigenvalue weighted by Crippen LogP contribution is -1.99. The molecule has 0 aliphatic carbocycles. The van der Waals surface area contributed by atoms with Crippen molar-refractivity contribution in [3.63, 3.8) is 0 Å². The van der Waals surface area contributed by atoms with Crippen molar-refractivity contribution in [2.75, 3.05) is 7.11 Å². The second-order valence-electron chi connectivity index (χ2n) is 4.06. The third-order valence-corrected chi connectivity index (χ3v) is 2.80. The first-order chi connectivity index (χ1) is 9.51. The number of rotatable bonds is 4. The normalized spacial score (nSPS) is 10.1. The quantitative estimate of drug-likeness (QED) is 0.683. The van der Waals surface area contributed by atoms with E-state index in [0.29, 0.717) is 16.9 Å². The monoisotopic (exact) mass is 273 g/mol. The maximum atomic E-state index is 11.0. The van der Waals surface area contributed by atoms with Gasteiger partial charge in [0.2, 0.25) is 0 Å². The molecule has 6 nitrogen and oxygen atoms in total. The van der Waals surface area contributed by atoms with Crippen LogP contribution in [0.4, 0.5) is 5.69 Å². The highest BCUT2D eigenvalue weighted by Crippen LogP contribution is 2.27. The number of hydrogen-bond donors (Lipinski definition) is 1. The Hall–Kier alpha value is -2.89. The minimum atomic E-state index is -1.21. The topological polar surface area (TPSA) is 89.7 Å². The van der Waals surface area contributed by atoms with Gasteiger partial charge in [-0.15, -0.1) is 0 Å². The highest BCUT2D eigenvalue weighted by molar-refractivity contribution is 5.90. The Morgan fingerprint density at radius 1 is 1.15 bits per heavy atom. The summed E-state index contributed by atoms with van der Waals surface area (Å²) in [5, 5.41) is 19.9. The molecule has 0 saturated carbocycles. The van der Waals surface area contributed by atoms with Crippen LogP contribution < -0.4 is 4.74 Å². The predicted molar refractivity (Wildman–Crippen MR) is 72.0 cm³/mol. The summed E-state index contributed by atoms with van der Waals surface area (Å²) in [6.07, 6.45) is 0. The summed E-state index contributed by atoms with van der Waals surface area (Å²) in [6, 6.07) is 10.6. The molecule has 0 atom stereocenters. The SMILES string of the molecule is COc1ccc(-c2cc(C(=O)O)cc([N+](=O)[O-])c2)cc1. The molecule has 2 aromatic carbocycles. The van der Waals surface area contributed by atoms with Gasteiger partial charge in [0.25, 0.3) is 5.69 Å². The van der Waals surface area contributed by atoms with Crippen LogP contribution in [0, 0.1) is 10.1 Å². The molecule has 0 amide bonds. The molecule has 0 heterocycles. The van der Waals surface area contributed by atoms with E-state index in [2.05, 4.69) is 0 Å². The highest BCUT2D eigenvalue weighted by Gasteiger charge is 2.14. The summed E-state index contributed by atoms with van der Waals surface area (Å²) in [4.78, 5) is 21.3. The fourth-order valence-electron chi connectivity index (χ4n) is 1.79. The Kier molecular flexibility index (Phi) is 3.65. The van der Waals surface area contributed by atoms with Gasteiger partial charge in [-0.3, -0.25) is 10.1 Å². The number of nitro benzene ring substituents is 1. The van der Waals surface area contributed by atoms with Gasteiger partial charge in [-0.25, -0.2) is 4.79 Å². The lowest BCUT2D eigenvalue weighted by Gasteiger charge is -2.05. The molecule has 20 heavy (non-hydrogen) atoms. The molecule has 1 N–H and O–H groups in total. The van der Waals surface area contributed by atoms with Crippen molar-refractivity contribution < 1.29 is 19.6 Å². The summed E-state index contributed by atoms with van der Waals surface area (Å²) in [5.74, 6) is -0.555. The average Bonchev–Trinajstić information content (AvgIpc) is 2.46. The van der Waals surface area contributed by atoms with Gasteiger partial charge in [0.05, 0.1) is 17.6 Å². The minimum absolute atomic E-state index is 0.120. The van der Waals surface area contributed by atoms with E-state index in [1.54, 1.807) is 24.3 Å². The summed E-state index contributed by atoms with van der Waals surface area (Å²) in [6.45, 7) is 0. The van der Waals surface area contributed by atoms with Crippen molar-refractivity contribution in [2.24, 2.45) is 0 Å². The van der Waals surface area contributed by atoms with Gasteiger partial charge in [-0.2, -0.15) is 0 Å². The zero-order valence-corrected chi connectivity index (χ0v) is 10.6. The van der Waals surface area contributed by atoms with Crippen molar-refractivity contribution in [1.82, 2.24) is 0 Å². The molecular weight excluding hydrogens is 262 g/mol. The standard InChI is InChI=1S/C14H11NO5/c1-20-13-4-2-9(3-5-13)10-6-11(14(16)17)8-12(7-10)15(18)19/h2-8H,1H3,(H,16,17). The zero-order chi connectivity index (χ0) is 14.7. The van der Waals surface area contributed by atoms with Crippen molar-refractivity contribution >= 4 is 11.7 Å². The van der Waals surface area contributed by atoms with Gasteiger partial charge >= 0.3 is 5.97 Å². The van der Waals surface area contributed by atoms with Gasteiger partial charge in [-0.1, -0.05) is 12.1 Å². The molecule has 2 rings (SSSR count). The third-order valence-electron chi connectivity index (χ3n) is 2.80. The Balaban J connectivity index is 2.53. The number of ether oxygens (including phenoxy) is 1. The zero-order valence-electron chi connectivity index (χ0n) is 10.6. The molecule has 0 saturated heterocycles. The van der Waals surface area contributed by atoms with Crippen LogP contribution in [0.1, 0.15) is 10.4 Å². The molecule has 0 radical (unpaired) electrons. The predicted octanol–water partition coefficient (Wildman–Crippen LogP) is 2.97. The Labute approximate surface area is 114 Å². The van der Waals surface area contributed by atoms with E-state index in [1.165, 1.54) is 19.2 Å². The number of non-ortho nitro benzene ring substituents is 1. The number of nitro groups is 1. The molecule has 6 heteroatoms. The van der Waals surface area contributed by atoms with Crippen molar-refractivity contribution in [3.8, 4) is 16.9 Å². The fourth-order valence-corrected chi connectivity index (χ4v) is 1.79.